The van der Waals surface area contributed by atoms with E-state index < -0.39 is 0 Å². The molecule has 23 heavy (non-hydrogen) atoms. The molecule has 0 radical (unpaired) electrons. The van der Waals surface area contributed by atoms with Crippen LogP contribution >= 0.6 is 0 Å². The van der Waals surface area contributed by atoms with E-state index in [2.05, 4.69) is 48.2 Å². The van der Waals surface area contributed by atoms with Crippen molar-refractivity contribution in [3.8, 4) is 22.6 Å². The van der Waals surface area contributed by atoms with E-state index in [9.17, 15) is 0 Å². The highest BCUT2D eigenvalue weighted by Gasteiger charge is 2.20. The number of rotatable bonds is 3. The van der Waals surface area contributed by atoms with Gasteiger partial charge in [0, 0.05) is 11.1 Å². The Morgan fingerprint density at radius 1 is 0.652 bits per heavy atom. The number of hydrogen-bond acceptors (Lipinski definition) is 0. The van der Waals surface area contributed by atoms with E-state index in [1.54, 1.807) is 0 Å². The van der Waals surface area contributed by atoms with Crippen LogP contribution in [0.2, 0.25) is 0 Å². The van der Waals surface area contributed by atoms with E-state index in [0.717, 1.165) is 33.8 Å². The third kappa shape index (κ3) is 2.78. The Hall–Kier alpha value is -3.15. The molecule has 0 spiro atoms. The second kappa shape index (κ2) is 5.92. The van der Waals surface area contributed by atoms with E-state index in [0.29, 0.717) is 0 Å². The van der Waals surface area contributed by atoms with Gasteiger partial charge >= 0.3 is 11.5 Å². The summed E-state index contributed by atoms with van der Waals surface area (Å²) in [6.07, 6.45) is 6.01. The summed E-state index contributed by atoms with van der Waals surface area (Å²) in [7, 11) is 0. The summed E-state index contributed by atoms with van der Waals surface area (Å²) in [4.78, 5) is 0. The molecule has 0 amide bonds. The minimum atomic E-state index is 0.858. The summed E-state index contributed by atoms with van der Waals surface area (Å²) in [5.74, 6) is 1.72. The lowest BCUT2D eigenvalue weighted by atomic mass is 10.0. The summed E-state index contributed by atoms with van der Waals surface area (Å²) < 4.78 is 6.17. The van der Waals surface area contributed by atoms with Crippen LogP contribution in [0, 0.1) is 0 Å². The smallest absolute Gasteiger partial charge is 0.207 e. The highest BCUT2D eigenvalue weighted by Crippen LogP contribution is 2.31. The quantitative estimate of drug-likeness (QED) is 0.426. The lowest BCUT2D eigenvalue weighted by Crippen LogP contribution is -1.87. The SMILES string of the molecule is C1=CC=CC=1c1cc(-c2ccccc2)[o+]c(-c2ccccc2)c1. The number of allylic oxidation sites excluding steroid dienone is 3. The Balaban J connectivity index is 1.91. The van der Waals surface area contributed by atoms with E-state index in [4.69, 9.17) is 4.42 Å². The standard InChI is InChI=1S/C22H15O/c1-3-11-18(12-4-1)21-15-20(17-9-7-8-10-17)16-22(23-21)19-13-5-2-6-14-19/h1-9,11-16H/q+1. The molecule has 1 heteroatoms. The predicted octanol–water partition coefficient (Wildman–Crippen LogP) is 6.00. The van der Waals surface area contributed by atoms with Crippen LogP contribution in [0.4, 0.5) is 0 Å². The van der Waals surface area contributed by atoms with Gasteiger partial charge in [-0.25, -0.2) is 4.42 Å². The first-order chi connectivity index (χ1) is 11.4. The van der Waals surface area contributed by atoms with Gasteiger partial charge in [0.15, 0.2) is 0 Å². The summed E-state index contributed by atoms with van der Waals surface area (Å²) in [5, 5.41) is 0. The van der Waals surface area contributed by atoms with Crippen molar-refractivity contribution in [3.05, 3.63) is 102 Å². The van der Waals surface area contributed by atoms with Crippen LogP contribution in [0.3, 0.4) is 0 Å². The summed E-state index contributed by atoms with van der Waals surface area (Å²) in [6.45, 7) is 0. The van der Waals surface area contributed by atoms with Crippen molar-refractivity contribution in [2.75, 3.05) is 0 Å². The van der Waals surface area contributed by atoms with Crippen LogP contribution in [0.1, 0.15) is 5.56 Å². The Kier molecular flexibility index (Phi) is 3.48. The van der Waals surface area contributed by atoms with Gasteiger partial charge in [-0.1, -0.05) is 42.5 Å². The van der Waals surface area contributed by atoms with E-state index in [1.807, 2.05) is 48.6 Å². The average molecular weight is 295 g/mol. The molecule has 4 rings (SSSR count). The van der Waals surface area contributed by atoms with E-state index in [1.165, 1.54) is 0 Å². The van der Waals surface area contributed by atoms with Crippen molar-refractivity contribution in [2.24, 2.45) is 0 Å². The predicted molar refractivity (Wildman–Crippen MR) is 94.6 cm³/mol. The zero-order chi connectivity index (χ0) is 15.5. The Labute approximate surface area is 135 Å². The van der Waals surface area contributed by atoms with Gasteiger partial charge < -0.3 is 0 Å². The highest BCUT2D eigenvalue weighted by molar-refractivity contribution is 5.80. The van der Waals surface area contributed by atoms with Crippen LogP contribution in [-0.4, -0.2) is 0 Å². The largest absolute Gasteiger partial charge is 0.361 e. The highest BCUT2D eigenvalue weighted by atomic mass is 16.3. The molecule has 1 heterocycles. The van der Waals surface area contributed by atoms with Crippen LogP contribution in [-0.2, 0) is 0 Å². The van der Waals surface area contributed by atoms with Crippen molar-refractivity contribution < 1.29 is 4.42 Å². The molecular weight excluding hydrogens is 280 g/mol. The number of hydrogen-bond donors (Lipinski definition) is 0. The lowest BCUT2D eigenvalue weighted by molar-refractivity contribution is 0.581. The van der Waals surface area contributed by atoms with Crippen molar-refractivity contribution >= 4 is 5.57 Å². The van der Waals surface area contributed by atoms with Gasteiger partial charge in [0.2, 0.25) is 0 Å². The van der Waals surface area contributed by atoms with Crippen molar-refractivity contribution in [1.29, 1.82) is 0 Å². The molecular formula is C22H15O+. The zero-order valence-electron chi connectivity index (χ0n) is 12.6. The molecule has 1 aliphatic rings. The molecule has 0 N–H and O–H groups in total. The van der Waals surface area contributed by atoms with Crippen LogP contribution < -0.4 is 0 Å². The second-order valence-corrected chi connectivity index (χ2v) is 5.39. The first-order valence-electron chi connectivity index (χ1n) is 7.63. The fourth-order valence-corrected chi connectivity index (χ4v) is 2.66. The molecule has 1 aromatic heterocycles. The van der Waals surface area contributed by atoms with Crippen molar-refractivity contribution in [3.63, 3.8) is 0 Å². The third-order valence-electron chi connectivity index (χ3n) is 3.82. The van der Waals surface area contributed by atoms with Gasteiger partial charge in [-0.3, -0.25) is 0 Å². The molecule has 0 saturated heterocycles. The summed E-state index contributed by atoms with van der Waals surface area (Å²) in [5.41, 5.74) is 7.59. The molecule has 3 aromatic rings. The summed E-state index contributed by atoms with van der Waals surface area (Å²) >= 11 is 0. The molecule has 1 nitrogen and oxygen atoms in total. The van der Waals surface area contributed by atoms with Gasteiger partial charge in [-0.05, 0) is 36.4 Å². The maximum atomic E-state index is 6.17. The minimum Gasteiger partial charge on any atom is -0.207 e. The molecule has 2 aromatic carbocycles. The van der Waals surface area contributed by atoms with Gasteiger partial charge in [-0.15, -0.1) is 5.73 Å². The van der Waals surface area contributed by atoms with Crippen LogP contribution in [0.25, 0.3) is 28.2 Å². The average Bonchev–Trinajstić information content (AvgIpc) is 3.18. The molecule has 0 unspecified atom stereocenters. The first kappa shape index (κ1) is 13.5. The summed E-state index contributed by atoms with van der Waals surface area (Å²) in [6, 6.07) is 24.5. The van der Waals surface area contributed by atoms with Gasteiger partial charge in [0.25, 0.3) is 0 Å². The normalized spacial score (nSPS) is 12.4. The zero-order valence-corrected chi connectivity index (χ0v) is 12.6. The van der Waals surface area contributed by atoms with E-state index in [-0.39, 0.29) is 0 Å². The fraction of sp³-hybridized carbons (Fsp3) is 0. The third-order valence-corrected chi connectivity index (χ3v) is 3.82. The molecule has 1 aliphatic carbocycles. The Bertz CT molecular complexity index is 870. The first-order valence-corrected chi connectivity index (χ1v) is 7.63. The minimum absolute atomic E-state index is 0.858. The van der Waals surface area contributed by atoms with Crippen LogP contribution in [0.5, 0.6) is 0 Å². The number of benzene rings is 2. The maximum Gasteiger partial charge on any atom is 0.361 e. The fourth-order valence-electron chi connectivity index (χ4n) is 2.66. The molecule has 0 saturated carbocycles. The maximum absolute atomic E-state index is 6.17. The van der Waals surface area contributed by atoms with Crippen molar-refractivity contribution in [1.82, 2.24) is 0 Å². The van der Waals surface area contributed by atoms with Crippen molar-refractivity contribution in [2.45, 2.75) is 0 Å². The monoisotopic (exact) mass is 295 g/mol. The molecule has 0 fully saturated rings. The molecule has 108 valence electrons. The van der Waals surface area contributed by atoms with Gasteiger partial charge in [-0.2, -0.15) is 0 Å². The second-order valence-electron chi connectivity index (χ2n) is 5.39. The Morgan fingerprint density at radius 2 is 1.22 bits per heavy atom. The van der Waals surface area contributed by atoms with Crippen LogP contribution in [0.15, 0.2) is 101 Å². The van der Waals surface area contributed by atoms with E-state index >= 15 is 0 Å². The lowest BCUT2D eigenvalue weighted by Gasteiger charge is -2.00. The molecule has 0 atom stereocenters. The molecule has 0 bridgehead atoms. The topological polar surface area (TPSA) is 11.3 Å². The van der Waals surface area contributed by atoms with Gasteiger partial charge in [0.1, 0.15) is 0 Å². The Morgan fingerprint density at radius 3 is 1.70 bits per heavy atom. The molecule has 0 aliphatic heterocycles. The van der Waals surface area contributed by atoms with Gasteiger partial charge in [0.05, 0.1) is 23.3 Å².